The van der Waals surface area contributed by atoms with E-state index in [1.165, 1.54) is 17.5 Å². The third kappa shape index (κ3) is 4.09. The molecule has 1 amide bonds. The number of thiazole rings is 1. The standard InChI is InChI=1S/C17H18N4O2S/c1-11-20-15(10-24-11)17(22)21-13-3-5-14(6-4-13)23-16-7-2-12(8-18)9-19-16/h2,7,9-10,13-14H,3-6H2,1H3,(H,21,22). The van der Waals surface area contributed by atoms with E-state index in [9.17, 15) is 4.79 Å². The first kappa shape index (κ1) is 16.4. The average Bonchev–Trinajstić information content (AvgIpc) is 3.04. The molecule has 1 aliphatic carbocycles. The molecule has 7 heteroatoms. The summed E-state index contributed by atoms with van der Waals surface area (Å²) in [6.45, 7) is 1.89. The first-order chi connectivity index (χ1) is 11.6. The van der Waals surface area contributed by atoms with E-state index >= 15 is 0 Å². The van der Waals surface area contributed by atoms with Gasteiger partial charge in [-0.05, 0) is 38.7 Å². The van der Waals surface area contributed by atoms with E-state index < -0.39 is 0 Å². The molecule has 0 bridgehead atoms. The number of nitrogens with one attached hydrogen (secondary N) is 1. The molecule has 0 unspecified atom stereocenters. The molecular weight excluding hydrogens is 324 g/mol. The zero-order chi connectivity index (χ0) is 16.9. The summed E-state index contributed by atoms with van der Waals surface area (Å²) in [5.41, 5.74) is 1.02. The quantitative estimate of drug-likeness (QED) is 0.923. The molecule has 2 aromatic heterocycles. The Morgan fingerprint density at radius 3 is 2.75 bits per heavy atom. The lowest BCUT2D eigenvalue weighted by atomic mass is 9.93. The molecule has 24 heavy (non-hydrogen) atoms. The summed E-state index contributed by atoms with van der Waals surface area (Å²) >= 11 is 1.48. The number of aryl methyl sites for hydroxylation is 1. The predicted molar refractivity (Wildman–Crippen MR) is 89.9 cm³/mol. The van der Waals surface area contributed by atoms with Crippen molar-refractivity contribution in [3.63, 3.8) is 0 Å². The van der Waals surface area contributed by atoms with Crippen molar-refractivity contribution in [1.82, 2.24) is 15.3 Å². The molecule has 1 aliphatic rings. The lowest BCUT2D eigenvalue weighted by Gasteiger charge is -2.29. The van der Waals surface area contributed by atoms with E-state index in [0.717, 1.165) is 30.7 Å². The van der Waals surface area contributed by atoms with Crippen molar-refractivity contribution in [3.05, 3.63) is 40.0 Å². The van der Waals surface area contributed by atoms with Crippen LogP contribution in [0.1, 0.15) is 46.7 Å². The fourth-order valence-corrected chi connectivity index (χ4v) is 3.33. The summed E-state index contributed by atoms with van der Waals surface area (Å²) in [6.07, 6.45) is 5.08. The summed E-state index contributed by atoms with van der Waals surface area (Å²) in [5.74, 6) is 0.442. The van der Waals surface area contributed by atoms with E-state index in [1.54, 1.807) is 17.5 Å². The molecule has 124 valence electrons. The second-order valence-corrected chi connectivity index (χ2v) is 6.88. The number of amides is 1. The van der Waals surface area contributed by atoms with Gasteiger partial charge in [-0.1, -0.05) is 0 Å². The summed E-state index contributed by atoms with van der Waals surface area (Å²) < 4.78 is 5.85. The Bertz CT molecular complexity index is 743. The van der Waals surface area contributed by atoms with Gasteiger partial charge < -0.3 is 10.1 Å². The molecule has 0 atom stereocenters. The molecule has 1 fully saturated rings. The van der Waals surface area contributed by atoms with Crippen LogP contribution in [-0.2, 0) is 0 Å². The van der Waals surface area contributed by atoms with Crippen molar-refractivity contribution >= 4 is 17.2 Å². The highest BCUT2D eigenvalue weighted by molar-refractivity contribution is 7.09. The van der Waals surface area contributed by atoms with Crippen molar-refractivity contribution in [2.45, 2.75) is 44.8 Å². The van der Waals surface area contributed by atoms with Gasteiger partial charge >= 0.3 is 0 Å². The van der Waals surface area contributed by atoms with Crippen molar-refractivity contribution < 1.29 is 9.53 Å². The van der Waals surface area contributed by atoms with E-state index in [2.05, 4.69) is 15.3 Å². The number of hydrogen-bond donors (Lipinski definition) is 1. The van der Waals surface area contributed by atoms with Gasteiger partial charge in [-0.25, -0.2) is 9.97 Å². The van der Waals surface area contributed by atoms with E-state index in [1.807, 2.05) is 13.0 Å². The van der Waals surface area contributed by atoms with Crippen LogP contribution in [0, 0.1) is 18.3 Å². The van der Waals surface area contributed by atoms with Crippen LogP contribution in [0.5, 0.6) is 5.88 Å². The maximum absolute atomic E-state index is 12.1. The number of rotatable bonds is 4. The Morgan fingerprint density at radius 1 is 1.38 bits per heavy atom. The molecule has 0 radical (unpaired) electrons. The lowest BCUT2D eigenvalue weighted by Crippen LogP contribution is -2.39. The normalized spacial score (nSPS) is 20.2. The van der Waals surface area contributed by atoms with Crippen LogP contribution in [-0.4, -0.2) is 28.0 Å². The predicted octanol–water partition coefficient (Wildman–Crippen LogP) is 2.84. The molecule has 1 N–H and O–H groups in total. The molecule has 0 aliphatic heterocycles. The van der Waals surface area contributed by atoms with Crippen LogP contribution in [0.3, 0.4) is 0 Å². The van der Waals surface area contributed by atoms with Crippen molar-refractivity contribution in [1.29, 1.82) is 5.26 Å². The van der Waals surface area contributed by atoms with Crippen molar-refractivity contribution in [2.24, 2.45) is 0 Å². The minimum absolute atomic E-state index is 0.0973. The van der Waals surface area contributed by atoms with Gasteiger partial charge in [0.2, 0.25) is 5.88 Å². The number of carbonyl (C=O) groups is 1. The molecule has 0 aromatic carbocycles. The summed E-state index contributed by atoms with van der Waals surface area (Å²) in [7, 11) is 0. The molecule has 2 heterocycles. The van der Waals surface area contributed by atoms with Gasteiger partial charge in [0.1, 0.15) is 17.9 Å². The highest BCUT2D eigenvalue weighted by Gasteiger charge is 2.24. The average molecular weight is 342 g/mol. The fourth-order valence-electron chi connectivity index (χ4n) is 2.74. The summed E-state index contributed by atoms with van der Waals surface area (Å²) in [6, 6.07) is 5.61. The van der Waals surface area contributed by atoms with Gasteiger partial charge in [0.25, 0.3) is 5.91 Å². The maximum Gasteiger partial charge on any atom is 0.270 e. The van der Waals surface area contributed by atoms with Crippen LogP contribution in [0.4, 0.5) is 0 Å². The number of nitriles is 1. The molecule has 2 aromatic rings. The van der Waals surface area contributed by atoms with E-state index in [0.29, 0.717) is 17.1 Å². The molecule has 1 saturated carbocycles. The molecule has 3 rings (SSSR count). The minimum atomic E-state index is -0.0996. The number of pyridine rings is 1. The Kier molecular flexibility index (Phi) is 5.06. The van der Waals surface area contributed by atoms with Gasteiger partial charge in [0.05, 0.1) is 10.6 Å². The first-order valence-electron chi connectivity index (χ1n) is 7.90. The van der Waals surface area contributed by atoms with Crippen molar-refractivity contribution in [3.8, 4) is 11.9 Å². The Balaban J connectivity index is 1.47. The SMILES string of the molecule is Cc1nc(C(=O)NC2CCC(Oc3ccc(C#N)cn3)CC2)cs1. The highest BCUT2D eigenvalue weighted by atomic mass is 32.1. The third-order valence-corrected chi connectivity index (χ3v) is 4.79. The summed E-state index contributed by atoms with van der Waals surface area (Å²) in [5, 5.41) is 14.5. The van der Waals surface area contributed by atoms with Gasteiger partial charge in [0, 0.05) is 23.7 Å². The highest BCUT2D eigenvalue weighted by Crippen LogP contribution is 2.23. The van der Waals surface area contributed by atoms with Crippen LogP contribution in [0.15, 0.2) is 23.7 Å². The third-order valence-electron chi connectivity index (χ3n) is 4.01. The first-order valence-corrected chi connectivity index (χ1v) is 8.78. The van der Waals surface area contributed by atoms with E-state index in [4.69, 9.17) is 10.00 Å². The van der Waals surface area contributed by atoms with Gasteiger partial charge in [0.15, 0.2) is 0 Å². The zero-order valence-electron chi connectivity index (χ0n) is 13.4. The van der Waals surface area contributed by atoms with Crippen LogP contribution in [0.25, 0.3) is 0 Å². The molecule has 0 spiro atoms. The van der Waals surface area contributed by atoms with Crippen LogP contribution < -0.4 is 10.1 Å². The van der Waals surface area contributed by atoms with Crippen LogP contribution in [0.2, 0.25) is 0 Å². The Morgan fingerprint density at radius 2 is 2.17 bits per heavy atom. The fraction of sp³-hybridized carbons (Fsp3) is 0.412. The number of hydrogen-bond acceptors (Lipinski definition) is 6. The van der Waals surface area contributed by atoms with E-state index in [-0.39, 0.29) is 18.1 Å². The second kappa shape index (κ2) is 7.41. The smallest absolute Gasteiger partial charge is 0.270 e. The lowest BCUT2D eigenvalue weighted by molar-refractivity contribution is 0.0886. The Hall–Kier alpha value is -2.46. The number of carbonyl (C=O) groups excluding carboxylic acids is 1. The minimum Gasteiger partial charge on any atom is -0.474 e. The summed E-state index contributed by atoms with van der Waals surface area (Å²) in [4.78, 5) is 20.5. The van der Waals surface area contributed by atoms with Gasteiger partial charge in [-0.2, -0.15) is 5.26 Å². The Labute approximate surface area is 144 Å². The molecule has 0 saturated heterocycles. The monoisotopic (exact) mass is 342 g/mol. The second-order valence-electron chi connectivity index (χ2n) is 5.81. The van der Waals surface area contributed by atoms with Crippen LogP contribution >= 0.6 is 11.3 Å². The number of nitrogens with zero attached hydrogens (tertiary/aromatic N) is 3. The topological polar surface area (TPSA) is 87.9 Å². The molecular formula is C17H18N4O2S. The number of ether oxygens (including phenoxy) is 1. The van der Waals surface area contributed by atoms with Gasteiger partial charge in [-0.3, -0.25) is 4.79 Å². The van der Waals surface area contributed by atoms with Crippen molar-refractivity contribution in [2.75, 3.05) is 0 Å². The maximum atomic E-state index is 12.1. The largest absolute Gasteiger partial charge is 0.474 e. The number of aromatic nitrogens is 2. The zero-order valence-corrected chi connectivity index (χ0v) is 14.2. The van der Waals surface area contributed by atoms with Gasteiger partial charge in [-0.15, -0.1) is 11.3 Å². The molecule has 6 nitrogen and oxygen atoms in total.